The van der Waals surface area contributed by atoms with E-state index in [2.05, 4.69) is 20.9 Å². The van der Waals surface area contributed by atoms with Crippen molar-refractivity contribution in [2.45, 2.75) is 6.54 Å². The molecular formula is C19H13BrN2OS. The molecule has 24 heavy (non-hydrogen) atoms. The minimum atomic E-state index is 0.0000728. The van der Waals surface area contributed by atoms with E-state index in [9.17, 15) is 4.79 Å². The van der Waals surface area contributed by atoms with Crippen LogP contribution in [0.1, 0.15) is 5.56 Å². The molecule has 0 aliphatic carbocycles. The molecule has 0 bridgehead atoms. The third-order valence-electron chi connectivity index (χ3n) is 3.89. The molecular weight excluding hydrogens is 384 g/mol. The van der Waals surface area contributed by atoms with E-state index in [0.29, 0.717) is 11.9 Å². The van der Waals surface area contributed by atoms with E-state index in [1.807, 2.05) is 60.0 Å². The molecule has 118 valence electrons. The number of fused-ring (bicyclic) bond motifs is 1. The average Bonchev–Trinajstić information content (AvgIpc) is 3.03. The van der Waals surface area contributed by atoms with Crippen molar-refractivity contribution in [3.8, 4) is 11.1 Å². The first-order chi connectivity index (χ1) is 11.7. The van der Waals surface area contributed by atoms with Gasteiger partial charge < -0.3 is 0 Å². The van der Waals surface area contributed by atoms with Gasteiger partial charge in [-0.1, -0.05) is 58.4 Å². The van der Waals surface area contributed by atoms with E-state index >= 15 is 0 Å². The maximum absolute atomic E-state index is 13.0. The van der Waals surface area contributed by atoms with Gasteiger partial charge in [0, 0.05) is 15.4 Å². The summed E-state index contributed by atoms with van der Waals surface area (Å²) in [4.78, 5) is 18.2. The van der Waals surface area contributed by atoms with Gasteiger partial charge in [0.1, 0.15) is 4.83 Å². The van der Waals surface area contributed by atoms with Gasteiger partial charge in [-0.25, -0.2) is 4.98 Å². The summed E-state index contributed by atoms with van der Waals surface area (Å²) >= 11 is 4.98. The zero-order chi connectivity index (χ0) is 16.5. The van der Waals surface area contributed by atoms with Crippen LogP contribution >= 0.6 is 27.3 Å². The van der Waals surface area contributed by atoms with Gasteiger partial charge in [-0.15, -0.1) is 11.3 Å². The van der Waals surface area contributed by atoms with Crippen LogP contribution in [-0.2, 0) is 6.54 Å². The van der Waals surface area contributed by atoms with Gasteiger partial charge in [0.05, 0.1) is 18.3 Å². The Morgan fingerprint density at radius 3 is 2.71 bits per heavy atom. The highest BCUT2D eigenvalue weighted by molar-refractivity contribution is 9.10. The van der Waals surface area contributed by atoms with Crippen LogP contribution in [-0.4, -0.2) is 9.55 Å². The molecule has 0 N–H and O–H groups in total. The Morgan fingerprint density at radius 2 is 1.92 bits per heavy atom. The second-order valence-electron chi connectivity index (χ2n) is 5.50. The molecule has 0 aliphatic rings. The van der Waals surface area contributed by atoms with Gasteiger partial charge in [0.2, 0.25) is 0 Å². The van der Waals surface area contributed by atoms with Crippen molar-refractivity contribution in [2.24, 2.45) is 0 Å². The smallest absolute Gasteiger partial charge is 0.263 e. The number of rotatable bonds is 3. The zero-order valence-corrected chi connectivity index (χ0v) is 15.0. The molecule has 5 heteroatoms. The standard InChI is InChI=1S/C19H13BrN2OS/c20-15-8-4-5-13(9-15)10-22-12-21-18-17(19(22)23)16(11-24-18)14-6-2-1-3-7-14/h1-9,11-12H,10H2. The van der Waals surface area contributed by atoms with Crippen LogP contribution in [0.3, 0.4) is 0 Å². The third-order valence-corrected chi connectivity index (χ3v) is 5.27. The van der Waals surface area contributed by atoms with Crippen molar-refractivity contribution >= 4 is 37.5 Å². The Bertz CT molecular complexity index is 1070. The van der Waals surface area contributed by atoms with Crippen molar-refractivity contribution < 1.29 is 0 Å². The number of hydrogen-bond donors (Lipinski definition) is 0. The molecule has 2 aromatic carbocycles. The molecule has 0 saturated carbocycles. The molecule has 2 aromatic heterocycles. The van der Waals surface area contributed by atoms with Crippen molar-refractivity contribution in [1.29, 1.82) is 0 Å². The predicted octanol–water partition coefficient (Wildman–Crippen LogP) is 4.94. The quantitative estimate of drug-likeness (QED) is 0.491. The molecule has 0 radical (unpaired) electrons. The van der Waals surface area contributed by atoms with Crippen LogP contribution in [0.2, 0.25) is 0 Å². The highest BCUT2D eigenvalue weighted by Gasteiger charge is 2.13. The van der Waals surface area contributed by atoms with Gasteiger partial charge in [-0.2, -0.15) is 0 Å². The van der Waals surface area contributed by atoms with Crippen LogP contribution < -0.4 is 5.56 Å². The lowest BCUT2D eigenvalue weighted by molar-refractivity contribution is 0.749. The summed E-state index contributed by atoms with van der Waals surface area (Å²) in [6, 6.07) is 17.9. The largest absolute Gasteiger partial charge is 0.294 e. The first-order valence-electron chi connectivity index (χ1n) is 7.49. The SMILES string of the molecule is O=c1c2c(-c3ccccc3)csc2ncn1Cc1cccc(Br)c1. The lowest BCUT2D eigenvalue weighted by Gasteiger charge is -2.07. The van der Waals surface area contributed by atoms with Crippen LogP contribution in [0, 0.1) is 0 Å². The second-order valence-corrected chi connectivity index (χ2v) is 7.28. The van der Waals surface area contributed by atoms with E-state index in [0.717, 1.165) is 26.0 Å². The molecule has 0 unspecified atom stereocenters. The fraction of sp³-hybridized carbons (Fsp3) is 0.0526. The van der Waals surface area contributed by atoms with Crippen LogP contribution in [0.5, 0.6) is 0 Å². The fourth-order valence-electron chi connectivity index (χ4n) is 2.74. The number of benzene rings is 2. The average molecular weight is 397 g/mol. The van der Waals surface area contributed by atoms with E-state index in [1.165, 1.54) is 11.3 Å². The van der Waals surface area contributed by atoms with Gasteiger partial charge in [-0.3, -0.25) is 9.36 Å². The van der Waals surface area contributed by atoms with Crippen LogP contribution in [0.4, 0.5) is 0 Å². The van der Waals surface area contributed by atoms with Crippen LogP contribution in [0.25, 0.3) is 21.3 Å². The number of halogens is 1. The molecule has 4 rings (SSSR count). The van der Waals surface area contributed by atoms with E-state index < -0.39 is 0 Å². The maximum Gasteiger partial charge on any atom is 0.263 e. The van der Waals surface area contributed by atoms with E-state index in [1.54, 1.807) is 10.9 Å². The molecule has 0 amide bonds. The summed E-state index contributed by atoms with van der Waals surface area (Å²) in [7, 11) is 0. The number of thiophene rings is 1. The van der Waals surface area contributed by atoms with Crippen molar-refractivity contribution in [3.63, 3.8) is 0 Å². The monoisotopic (exact) mass is 396 g/mol. The Balaban J connectivity index is 1.84. The minimum absolute atomic E-state index is 0.0000728. The third kappa shape index (κ3) is 2.81. The summed E-state index contributed by atoms with van der Waals surface area (Å²) in [6.45, 7) is 0.505. The molecule has 0 saturated heterocycles. The Labute approximate surface area is 151 Å². The zero-order valence-electron chi connectivity index (χ0n) is 12.6. The maximum atomic E-state index is 13.0. The number of hydrogen-bond acceptors (Lipinski definition) is 3. The first-order valence-corrected chi connectivity index (χ1v) is 9.16. The lowest BCUT2D eigenvalue weighted by atomic mass is 10.1. The van der Waals surface area contributed by atoms with E-state index in [4.69, 9.17) is 0 Å². The lowest BCUT2D eigenvalue weighted by Crippen LogP contribution is -2.20. The highest BCUT2D eigenvalue weighted by Crippen LogP contribution is 2.30. The molecule has 0 aliphatic heterocycles. The van der Waals surface area contributed by atoms with Gasteiger partial charge >= 0.3 is 0 Å². The summed E-state index contributed by atoms with van der Waals surface area (Å²) in [5, 5.41) is 2.71. The number of aromatic nitrogens is 2. The molecule has 0 spiro atoms. The summed E-state index contributed by atoms with van der Waals surface area (Å²) < 4.78 is 2.67. The summed E-state index contributed by atoms with van der Waals surface area (Å²) in [5.41, 5.74) is 3.06. The van der Waals surface area contributed by atoms with E-state index in [-0.39, 0.29) is 5.56 Å². The first kappa shape index (κ1) is 15.3. The van der Waals surface area contributed by atoms with Gasteiger partial charge in [0.15, 0.2) is 0 Å². The van der Waals surface area contributed by atoms with Crippen molar-refractivity contribution in [1.82, 2.24) is 9.55 Å². The summed E-state index contributed by atoms with van der Waals surface area (Å²) in [6.07, 6.45) is 1.64. The molecule has 2 heterocycles. The minimum Gasteiger partial charge on any atom is -0.294 e. The normalized spacial score (nSPS) is 11.0. The predicted molar refractivity (Wildman–Crippen MR) is 103 cm³/mol. The summed E-state index contributed by atoms with van der Waals surface area (Å²) in [5.74, 6) is 0. The fourth-order valence-corrected chi connectivity index (χ4v) is 4.10. The Morgan fingerprint density at radius 1 is 1.08 bits per heavy atom. The molecule has 4 aromatic rings. The Hall–Kier alpha value is -2.24. The number of nitrogens with zero attached hydrogens (tertiary/aromatic N) is 2. The van der Waals surface area contributed by atoms with Crippen molar-refractivity contribution in [3.05, 3.63) is 86.7 Å². The Kier molecular flexibility index (Phi) is 4.04. The topological polar surface area (TPSA) is 34.9 Å². The van der Waals surface area contributed by atoms with Gasteiger partial charge in [0.25, 0.3) is 5.56 Å². The molecule has 0 atom stereocenters. The second kappa shape index (κ2) is 6.34. The highest BCUT2D eigenvalue weighted by atomic mass is 79.9. The van der Waals surface area contributed by atoms with Crippen molar-refractivity contribution in [2.75, 3.05) is 0 Å². The molecule has 0 fully saturated rings. The van der Waals surface area contributed by atoms with Gasteiger partial charge in [-0.05, 0) is 23.3 Å². The molecule has 3 nitrogen and oxygen atoms in total. The van der Waals surface area contributed by atoms with Crippen LogP contribution in [0.15, 0.2) is 75.6 Å².